The molecule has 0 spiro atoms. The van der Waals surface area contributed by atoms with E-state index >= 15 is 0 Å². The van der Waals surface area contributed by atoms with Crippen molar-refractivity contribution in [2.75, 3.05) is 29.9 Å². The van der Waals surface area contributed by atoms with E-state index in [1.807, 2.05) is 0 Å². The first kappa shape index (κ1) is 21.4. The Bertz CT molecular complexity index is 1160. The highest BCUT2D eigenvalue weighted by molar-refractivity contribution is 6.30. The summed E-state index contributed by atoms with van der Waals surface area (Å²) in [4.78, 5) is 40.0. The molecule has 0 N–H and O–H groups in total. The molecule has 0 atom stereocenters. The lowest BCUT2D eigenvalue weighted by molar-refractivity contribution is -0.134. The Morgan fingerprint density at radius 3 is 2.44 bits per heavy atom. The van der Waals surface area contributed by atoms with Gasteiger partial charge in [-0.25, -0.2) is 9.59 Å². The van der Waals surface area contributed by atoms with Gasteiger partial charge in [0.2, 0.25) is 0 Å². The Morgan fingerprint density at radius 2 is 1.72 bits per heavy atom. The molecule has 4 rings (SSSR count). The lowest BCUT2D eigenvalue weighted by Crippen LogP contribution is -2.41. The van der Waals surface area contributed by atoms with Crippen LogP contribution < -0.4 is 19.3 Å². The van der Waals surface area contributed by atoms with Gasteiger partial charge in [0.05, 0.1) is 5.69 Å². The minimum atomic E-state index is -0.521. The Labute approximate surface area is 189 Å². The van der Waals surface area contributed by atoms with Crippen LogP contribution in [0.2, 0.25) is 5.02 Å². The molecule has 1 heterocycles. The number of amides is 1. The van der Waals surface area contributed by atoms with E-state index in [-0.39, 0.29) is 19.0 Å². The molecule has 1 aliphatic heterocycles. The number of anilines is 2. The fraction of sp³-hybridized carbons (Fsp3) is 0.125. The maximum atomic E-state index is 12.6. The summed E-state index contributed by atoms with van der Waals surface area (Å²) in [5.41, 5.74) is 1.80. The molecule has 0 radical (unpaired) electrons. The predicted molar refractivity (Wildman–Crippen MR) is 121 cm³/mol. The molecule has 7 nitrogen and oxygen atoms in total. The zero-order valence-corrected chi connectivity index (χ0v) is 17.9. The number of hydrogen-bond acceptors (Lipinski definition) is 6. The highest BCUT2D eigenvalue weighted by Gasteiger charge is 2.26. The number of ether oxygens (including phenoxy) is 2. The number of benzene rings is 3. The van der Waals surface area contributed by atoms with Crippen LogP contribution in [0.3, 0.4) is 0 Å². The fourth-order valence-corrected chi connectivity index (χ4v) is 3.43. The Morgan fingerprint density at radius 1 is 1.03 bits per heavy atom. The van der Waals surface area contributed by atoms with Crippen molar-refractivity contribution < 1.29 is 23.9 Å². The highest BCUT2D eigenvalue weighted by Crippen LogP contribution is 2.31. The van der Waals surface area contributed by atoms with Crippen LogP contribution in [-0.4, -0.2) is 38.0 Å². The zero-order chi connectivity index (χ0) is 22.7. The molecule has 3 aromatic rings. The van der Waals surface area contributed by atoms with E-state index in [0.29, 0.717) is 33.5 Å². The molecular weight excluding hydrogens is 432 g/mol. The summed E-state index contributed by atoms with van der Waals surface area (Å²) < 4.78 is 10.6. The molecule has 0 aromatic heterocycles. The second-order valence-corrected chi connectivity index (χ2v) is 7.57. The number of hydrogen-bond donors (Lipinski definition) is 0. The van der Waals surface area contributed by atoms with Gasteiger partial charge in [0.25, 0.3) is 5.91 Å². The van der Waals surface area contributed by atoms with Crippen LogP contribution in [0.15, 0.2) is 72.8 Å². The second kappa shape index (κ2) is 9.11. The van der Waals surface area contributed by atoms with E-state index in [2.05, 4.69) is 0 Å². The van der Waals surface area contributed by atoms with Crippen LogP contribution in [0.4, 0.5) is 11.4 Å². The van der Waals surface area contributed by atoms with E-state index in [4.69, 9.17) is 21.1 Å². The molecule has 0 saturated carbocycles. The van der Waals surface area contributed by atoms with E-state index in [9.17, 15) is 14.4 Å². The van der Waals surface area contributed by atoms with Gasteiger partial charge in [-0.3, -0.25) is 4.79 Å². The minimum Gasteiger partial charge on any atom is -0.425 e. The SMILES string of the molecule is CN(C(=O)c1ccc(Cl)cc1)c1ccc(OC(=O)CN2CC(=O)Oc3ccccc32)cc1. The van der Waals surface area contributed by atoms with Gasteiger partial charge in [-0.2, -0.15) is 0 Å². The monoisotopic (exact) mass is 450 g/mol. The topological polar surface area (TPSA) is 76.2 Å². The Kier molecular flexibility index (Phi) is 6.09. The maximum Gasteiger partial charge on any atom is 0.331 e. The molecule has 162 valence electrons. The highest BCUT2D eigenvalue weighted by atomic mass is 35.5. The quantitative estimate of drug-likeness (QED) is 0.433. The van der Waals surface area contributed by atoms with Crippen molar-refractivity contribution in [3.8, 4) is 11.5 Å². The van der Waals surface area contributed by atoms with Crippen molar-refractivity contribution in [2.45, 2.75) is 0 Å². The number of halogens is 1. The van der Waals surface area contributed by atoms with Gasteiger partial charge in [-0.1, -0.05) is 23.7 Å². The van der Waals surface area contributed by atoms with Crippen molar-refractivity contribution in [3.63, 3.8) is 0 Å². The summed E-state index contributed by atoms with van der Waals surface area (Å²) in [6.45, 7) is -0.147. The first-order chi connectivity index (χ1) is 15.4. The number of carbonyl (C=O) groups is 3. The van der Waals surface area contributed by atoms with Crippen LogP contribution in [-0.2, 0) is 9.59 Å². The Balaban J connectivity index is 1.39. The van der Waals surface area contributed by atoms with Crippen molar-refractivity contribution >= 4 is 40.8 Å². The minimum absolute atomic E-state index is 0.0390. The van der Waals surface area contributed by atoms with Crippen LogP contribution in [0, 0.1) is 0 Å². The number of rotatable bonds is 5. The fourth-order valence-electron chi connectivity index (χ4n) is 3.30. The summed E-state index contributed by atoms with van der Waals surface area (Å²) >= 11 is 5.87. The van der Waals surface area contributed by atoms with Gasteiger partial charge >= 0.3 is 11.9 Å². The van der Waals surface area contributed by atoms with E-state index in [0.717, 1.165) is 0 Å². The normalized spacial score (nSPS) is 12.6. The molecule has 1 amide bonds. The second-order valence-electron chi connectivity index (χ2n) is 7.14. The summed E-state index contributed by atoms with van der Waals surface area (Å²) in [5, 5.41) is 0.556. The third-order valence-electron chi connectivity index (χ3n) is 4.92. The van der Waals surface area contributed by atoms with Crippen molar-refractivity contribution in [1.29, 1.82) is 0 Å². The first-order valence-corrected chi connectivity index (χ1v) is 10.2. The summed E-state index contributed by atoms with van der Waals surface area (Å²) in [7, 11) is 1.66. The molecule has 0 fully saturated rings. The third-order valence-corrected chi connectivity index (χ3v) is 5.17. The van der Waals surface area contributed by atoms with E-state index in [1.165, 1.54) is 4.90 Å². The van der Waals surface area contributed by atoms with Gasteiger partial charge in [0.1, 0.15) is 18.8 Å². The summed E-state index contributed by atoms with van der Waals surface area (Å²) in [6.07, 6.45) is 0. The third kappa shape index (κ3) is 4.73. The lowest BCUT2D eigenvalue weighted by Gasteiger charge is -2.28. The number of nitrogens with zero attached hydrogens (tertiary/aromatic N) is 2. The van der Waals surface area contributed by atoms with Crippen molar-refractivity contribution in [2.24, 2.45) is 0 Å². The summed E-state index contributed by atoms with van der Waals surface area (Å²) in [6, 6.07) is 20.2. The maximum absolute atomic E-state index is 12.6. The number of esters is 2. The van der Waals surface area contributed by atoms with Crippen molar-refractivity contribution in [1.82, 2.24) is 0 Å². The zero-order valence-electron chi connectivity index (χ0n) is 17.2. The standard InChI is InChI=1S/C24H19ClN2O5/c1-26(24(30)16-6-8-17(25)9-7-16)18-10-12-19(13-11-18)31-22(28)14-27-15-23(29)32-21-5-3-2-4-20(21)27/h2-13H,14-15H2,1H3. The number of carbonyl (C=O) groups excluding carboxylic acids is 3. The average Bonchev–Trinajstić information content (AvgIpc) is 2.79. The van der Waals surface area contributed by atoms with Gasteiger partial charge < -0.3 is 19.3 Å². The first-order valence-electron chi connectivity index (χ1n) is 9.80. The molecule has 0 saturated heterocycles. The summed E-state index contributed by atoms with van der Waals surface area (Å²) in [5.74, 6) is -0.405. The molecule has 0 unspecified atom stereocenters. The van der Waals surface area contributed by atoms with Gasteiger partial charge in [0, 0.05) is 23.3 Å². The molecule has 8 heteroatoms. The Hall–Kier alpha value is -3.84. The van der Waals surface area contributed by atoms with Crippen molar-refractivity contribution in [3.05, 3.63) is 83.4 Å². The smallest absolute Gasteiger partial charge is 0.331 e. The number of para-hydroxylation sites is 2. The van der Waals surface area contributed by atoms with E-state index in [1.54, 1.807) is 84.7 Å². The van der Waals surface area contributed by atoms with Crippen LogP contribution in [0.5, 0.6) is 11.5 Å². The van der Waals surface area contributed by atoms with Crippen LogP contribution in [0.1, 0.15) is 10.4 Å². The molecule has 1 aliphatic rings. The van der Waals surface area contributed by atoms with Crippen LogP contribution in [0.25, 0.3) is 0 Å². The molecule has 3 aromatic carbocycles. The van der Waals surface area contributed by atoms with Crippen LogP contribution >= 0.6 is 11.6 Å². The van der Waals surface area contributed by atoms with Gasteiger partial charge in [0.15, 0.2) is 5.75 Å². The largest absolute Gasteiger partial charge is 0.425 e. The lowest BCUT2D eigenvalue weighted by atomic mass is 10.2. The molecular formula is C24H19ClN2O5. The molecule has 0 aliphatic carbocycles. The van der Waals surface area contributed by atoms with Gasteiger partial charge in [-0.05, 0) is 60.7 Å². The predicted octanol–water partition coefficient (Wildman–Crippen LogP) is 3.95. The average molecular weight is 451 g/mol. The number of fused-ring (bicyclic) bond motifs is 1. The molecule has 32 heavy (non-hydrogen) atoms. The van der Waals surface area contributed by atoms with E-state index < -0.39 is 11.9 Å². The molecule has 0 bridgehead atoms. The van der Waals surface area contributed by atoms with Gasteiger partial charge in [-0.15, -0.1) is 0 Å².